The lowest BCUT2D eigenvalue weighted by Crippen LogP contribution is -2.48. The van der Waals surface area contributed by atoms with Crippen LogP contribution in [0.25, 0.3) is 0 Å². The van der Waals surface area contributed by atoms with E-state index in [0.29, 0.717) is 11.4 Å². The van der Waals surface area contributed by atoms with Crippen LogP contribution in [0.1, 0.15) is 25.0 Å². The van der Waals surface area contributed by atoms with Crippen LogP contribution in [0, 0.1) is 0 Å². The van der Waals surface area contributed by atoms with E-state index in [0.717, 1.165) is 35.9 Å². The molecule has 1 atom stereocenters. The number of fused-ring (bicyclic) bond motifs is 1. The first-order valence-electron chi connectivity index (χ1n) is 9.00. The Kier molecular flexibility index (Phi) is 5.41. The Bertz CT molecular complexity index is 934. The van der Waals surface area contributed by atoms with Gasteiger partial charge >= 0.3 is 0 Å². The molecule has 27 heavy (non-hydrogen) atoms. The Labute approximate surface area is 160 Å². The van der Waals surface area contributed by atoms with Crippen molar-refractivity contribution in [3.8, 4) is 5.75 Å². The number of hydrogen-bond acceptors (Lipinski definition) is 4. The molecule has 0 saturated carbocycles. The summed E-state index contributed by atoms with van der Waals surface area (Å²) in [6, 6.07) is 12.8. The maximum atomic E-state index is 12.9. The van der Waals surface area contributed by atoms with Gasteiger partial charge in [0.05, 0.1) is 18.5 Å². The fourth-order valence-electron chi connectivity index (χ4n) is 3.26. The molecule has 0 spiro atoms. The zero-order valence-corrected chi connectivity index (χ0v) is 16.5. The van der Waals surface area contributed by atoms with Crippen molar-refractivity contribution in [3.05, 3.63) is 53.6 Å². The quantitative estimate of drug-likeness (QED) is 0.854. The van der Waals surface area contributed by atoms with Gasteiger partial charge in [-0.2, -0.15) is 0 Å². The third-order valence-corrected chi connectivity index (χ3v) is 5.82. The molecule has 6 nitrogen and oxygen atoms in total. The van der Waals surface area contributed by atoms with Crippen molar-refractivity contribution < 1.29 is 17.9 Å². The topological polar surface area (TPSA) is 75.7 Å². The molecule has 2 aromatic rings. The summed E-state index contributed by atoms with van der Waals surface area (Å²) in [5.41, 5.74) is 3.32. The van der Waals surface area contributed by atoms with E-state index in [1.807, 2.05) is 32.0 Å². The molecule has 3 rings (SSSR count). The summed E-state index contributed by atoms with van der Waals surface area (Å²) in [7, 11) is -3.53. The second-order valence-electron chi connectivity index (χ2n) is 6.52. The maximum absolute atomic E-state index is 12.9. The molecule has 144 valence electrons. The molecule has 0 bridgehead atoms. The first-order valence-corrected chi connectivity index (χ1v) is 10.8. The number of anilines is 2. The van der Waals surface area contributed by atoms with Crippen LogP contribution in [0.4, 0.5) is 11.4 Å². The van der Waals surface area contributed by atoms with Gasteiger partial charge in [0.1, 0.15) is 5.75 Å². The smallest absolute Gasteiger partial charge is 0.267 e. The van der Waals surface area contributed by atoms with E-state index >= 15 is 0 Å². The van der Waals surface area contributed by atoms with E-state index < -0.39 is 16.1 Å². The minimum absolute atomic E-state index is 0.0581. The highest BCUT2D eigenvalue weighted by Gasteiger charge is 2.35. The van der Waals surface area contributed by atoms with Crippen LogP contribution < -0.4 is 14.4 Å². The average molecular weight is 388 g/mol. The minimum Gasteiger partial charge on any atom is -0.476 e. The van der Waals surface area contributed by atoms with E-state index in [9.17, 15) is 13.2 Å². The monoisotopic (exact) mass is 388 g/mol. The van der Waals surface area contributed by atoms with Crippen molar-refractivity contribution >= 4 is 27.3 Å². The van der Waals surface area contributed by atoms with E-state index in [4.69, 9.17) is 4.74 Å². The lowest BCUT2D eigenvalue weighted by molar-refractivity contribution is -0.122. The number of nitrogens with one attached hydrogen (secondary N) is 1. The number of carbonyl (C=O) groups excluding carboxylic acids is 1. The number of amides is 1. The van der Waals surface area contributed by atoms with Gasteiger partial charge in [0, 0.05) is 5.69 Å². The average Bonchev–Trinajstić information content (AvgIpc) is 2.66. The lowest BCUT2D eigenvalue weighted by Gasteiger charge is -2.34. The second kappa shape index (κ2) is 7.60. The Morgan fingerprint density at radius 3 is 2.33 bits per heavy atom. The van der Waals surface area contributed by atoms with E-state index in [1.165, 1.54) is 4.31 Å². The van der Waals surface area contributed by atoms with Gasteiger partial charge in [0.25, 0.3) is 5.91 Å². The minimum atomic E-state index is -3.53. The first kappa shape index (κ1) is 19.2. The standard InChI is InChI=1S/C20H24N2O4S/c1-4-14-9-8-10-15(5-2)19(14)21-20(23)18-13-22(27(3,24)25)16-11-6-7-12-17(16)26-18/h6-12,18H,4-5,13H2,1-3H3,(H,21,23). The number of aryl methyl sites for hydroxylation is 2. The van der Waals surface area contributed by atoms with Crippen LogP contribution in [0.2, 0.25) is 0 Å². The zero-order chi connectivity index (χ0) is 19.6. The summed E-state index contributed by atoms with van der Waals surface area (Å²) < 4.78 is 31.5. The van der Waals surface area contributed by atoms with Crippen molar-refractivity contribution in [2.45, 2.75) is 32.8 Å². The number of benzene rings is 2. The molecule has 1 unspecified atom stereocenters. The van der Waals surface area contributed by atoms with Gasteiger partial charge in [-0.3, -0.25) is 9.10 Å². The Morgan fingerprint density at radius 2 is 1.74 bits per heavy atom. The zero-order valence-electron chi connectivity index (χ0n) is 15.7. The fraction of sp³-hybridized carbons (Fsp3) is 0.350. The Balaban J connectivity index is 1.91. The molecule has 1 aliphatic rings. The molecular weight excluding hydrogens is 364 g/mol. The Hall–Kier alpha value is -2.54. The maximum Gasteiger partial charge on any atom is 0.267 e. The van der Waals surface area contributed by atoms with E-state index in [1.54, 1.807) is 24.3 Å². The fourth-order valence-corrected chi connectivity index (χ4v) is 4.17. The molecule has 0 saturated heterocycles. The van der Waals surface area contributed by atoms with Gasteiger partial charge in [-0.15, -0.1) is 0 Å². The van der Waals surface area contributed by atoms with Gasteiger partial charge in [-0.05, 0) is 36.1 Å². The summed E-state index contributed by atoms with van der Waals surface area (Å²) in [5, 5.41) is 2.97. The number of para-hydroxylation sites is 3. The summed E-state index contributed by atoms with van der Waals surface area (Å²) in [6.45, 7) is 4.00. The van der Waals surface area contributed by atoms with Crippen LogP contribution in [0.3, 0.4) is 0 Å². The van der Waals surface area contributed by atoms with Crippen molar-refractivity contribution in [2.24, 2.45) is 0 Å². The van der Waals surface area contributed by atoms with Gasteiger partial charge < -0.3 is 10.1 Å². The summed E-state index contributed by atoms with van der Waals surface area (Å²) in [5.74, 6) is 0.0302. The van der Waals surface area contributed by atoms with Gasteiger partial charge in [0.15, 0.2) is 6.10 Å². The highest BCUT2D eigenvalue weighted by Crippen LogP contribution is 2.35. The molecular formula is C20H24N2O4S. The Morgan fingerprint density at radius 1 is 1.11 bits per heavy atom. The van der Waals surface area contributed by atoms with Crippen LogP contribution in [0.15, 0.2) is 42.5 Å². The SMILES string of the molecule is CCc1cccc(CC)c1NC(=O)C1CN(S(C)(=O)=O)c2ccccc2O1. The van der Waals surface area contributed by atoms with Crippen LogP contribution in [0.5, 0.6) is 5.75 Å². The number of ether oxygens (including phenoxy) is 1. The highest BCUT2D eigenvalue weighted by atomic mass is 32.2. The largest absolute Gasteiger partial charge is 0.476 e. The number of carbonyl (C=O) groups is 1. The summed E-state index contributed by atoms with van der Waals surface area (Å²) in [4.78, 5) is 12.9. The summed E-state index contributed by atoms with van der Waals surface area (Å²) >= 11 is 0. The molecule has 7 heteroatoms. The van der Waals surface area contributed by atoms with Gasteiger partial charge in [0.2, 0.25) is 10.0 Å². The van der Waals surface area contributed by atoms with Crippen molar-refractivity contribution in [3.63, 3.8) is 0 Å². The van der Waals surface area contributed by atoms with Gasteiger partial charge in [-0.1, -0.05) is 44.2 Å². The third-order valence-electron chi connectivity index (χ3n) is 4.67. The number of hydrogen-bond donors (Lipinski definition) is 1. The molecule has 0 aliphatic carbocycles. The van der Waals surface area contributed by atoms with Crippen molar-refractivity contribution in [1.29, 1.82) is 0 Å². The lowest BCUT2D eigenvalue weighted by atomic mass is 10.0. The molecule has 0 aromatic heterocycles. The van der Waals surface area contributed by atoms with E-state index in [2.05, 4.69) is 5.32 Å². The highest BCUT2D eigenvalue weighted by molar-refractivity contribution is 7.92. The molecule has 1 N–H and O–H groups in total. The molecule has 2 aromatic carbocycles. The van der Waals surface area contributed by atoms with Crippen LogP contribution >= 0.6 is 0 Å². The molecule has 1 aliphatic heterocycles. The van der Waals surface area contributed by atoms with Crippen LogP contribution in [-0.4, -0.2) is 33.2 Å². The van der Waals surface area contributed by atoms with E-state index in [-0.39, 0.29) is 12.5 Å². The van der Waals surface area contributed by atoms with Gasteiger partial charge in [-0.25, -0.2) is 8.42 Å². The third kappa shape index (κ3) is 3.93. The number of sulfonamides is 1. The normalized spacial score (nSPS) is 16.4. The predicted molar refractivity (Wildman–Crippen MR) is 107 cm³/mol. The van der Waals surface area contributed by atoms with Crippen molar-refractivity contribution in [1.82, 2.24) is 0 Å². The van der Waals surface area contributed by atoms with Crippen molar-refractivity contribution in [2.75, 3.05) is 22.4 Å². The molecule has 1 heterocycles. The first-order chi connectivity index (χ1) is 12.8. The molecule has 1 amide bonds. The molecule has 0 radical (unpaired) electrons. The number of nitrogens with zero attached hydrogens (tertiary/aromatic N) is 1. The van der Waals surface area contributed by atoms with Crippen LogP contribution in [-0.2, 0) is 27.7 Å². The molecule has 0 fully saturated rings. The second-order valence-corrected chi connectivity index (χ2v) is 8.42. The number of rotatable bonds is 5. The summed E-state index contributed by atoms with van der Waals surface area (Å²) in [6.07, 6.45) is 1.77. The predicted octanol–water partition coefficient (Wildman–Crippen LogP) is 2.98.